The van der Waals surface area contributed by atoms with Crippen molar-refractivity contribution in [3.05, 3.63) is 29.6 Å². The quantitative estimate of drug-likeness (QED) is 0.819. The Labute approximate surface area is 138 Å². The van der Waals surface area contributed by atoms with Gasteiger partial charge in [-0.05, 0) is 6.92 Å². The molecule has 8 nitrogen and oxygen atoms in total. The maximum absolute atomic E-state index is 14.1. The standard InChI is InChI=1S/C15H19FN6O2/c1-10-12(16)13(18-9-17-10)21-4-6-22(7-5-21)15(23)11-8-20(2)19-14(11)24-3/h8-9H,4-7H2,1-3H3. The van der Waals surface area contributed by atoms with Crippen molar-refractivity contribution in [2.45, 2.75) is 6.92 Å². The minimum Gasteiger partial charge on any atom is -0.479 e. The van der Waals surface area contributed by atoms with Crippen molar-refractivity contribution < 1.29 is 13.9 Å². The average Bonchev–Trinajstić information content (AvgIpc) is 2.98. The van der Waals surface area contributed by atoms with Gasteiger partial charge in [-0.1, -0.05) is 0 Å². The topological polar surface area (TPSA) is 76.4 Å². The molecule has 0 radical (unpaired) electrons. The Kier molecular flexibility index (Phi) is 4.32. The molecule has 0 spiro atoms. The van der Waals surface area contributed by atoms with Gasteiger partial charge in [0.25, 0.3) is 5.91 Å². The second kappa shape index (κ2) is 6.42. The van der Waals surface area contributed by atoms with Gasteiger partial charge in [0.2, 0.25) is 5.88 Å². The van der Waals surface area contributed by atoms with Gasteiger partial charge in [0.15, 0.2) is 11.6 Å². The van der Waals surface area contributed by atoms with Crippen molar-refractivity contribution in [1.82, 2.24) is 24.6 Å². The van der Waals surface area contributed by atoms with Crippen LogP contribution in [-0.4, -0.2) is 63.8 Å². The van der Waals surface area contributed by atoms with Crippen molar-refractivity contribution in [3.8, 4) is 5.88 Å². The number of carbonyl (C=O) groups is 1. The maximum atomic E-state index is 14.1. The van der Waals surface area contributed by atoms with Gasteiger partial charge in [0.05, 0.1) is 12.8 Å². The number of ether oxygens (including phenoxy) is 1. The van der Waals surface area contributed by atoms with Crippen LogP contribution in [0.25, 0.3) is 0 Å². The number of nitrogens with zero attached hydrogens (tertiary/aromatic N) is 6. The molecule has 0 N–H and O–H groups in total. The Morgan fingerprint density at radius 1 is 1.25 bits per heavy atom. The van der Waals surface area contributed by atoms with Gasteiger partial charge in [-0.3, -0.25) is 9.48 Å². The average molecular weight is 334 g/mol. The van der Waals surface area contributed by atoms with E-state index in [2.05, 4.69) is 15.1 Å². The van der Waals surface area contributed by atoms with E-state index in [1.807, 2.05) is 4.90 Å². The van der Waals surface area contributed by atoms with Crippen LogP contribution in [0.3, 0.4) is 0 Å². The molecule has 1 aliphatic rings. The summed E-state index contributed by atoms with van der Waals surface area (Å²) >= 11 is 0. The third kappa shape index (κ3) is 2.89. The molecule has 3 heterocycles. The molecule has 1 saturated heterocycles. The molecule has 0 saturated carbocycles. The molecule has 3 rings (SSSR count). The molecule has 1 amide bonds. The first-order valence-electron chi connectivity index (χ1n) is 7.60. The molecule has 0 aliphatic carbocycles. The van der Waals surface area contributed by atoms with E-state index in [0.29, 0.717) is 43.3 Å². The lowest BCUT2D eigenvalue weighted by molar-refractivity contribution is 0.0743. The Hall–Kier alpha value is -2.71. The molecule has 24 heavy (non-hydrogen) atoms. The highest BCUT2D eigenvalue weighted by Crippen LogP contribution is 2.21. The third-order valence-electron chi connectivity index (χ3n) is 4.03. The molecule has 2 aromatic rings. The van der Waals surface area contributed by atoms with Crippen molar-refractivity contribution in [3.63, 3.8) is 0 Å². The second-order valence-electron chi connectivity index (χ2n) is 5.60. The fourth-order valence-corrected chi connectivity index (χ4v) is 2.72. The van der Waals surface area contributed by atoms with Crippen LogP contribution in [-0.2, 0) is 7.05 Å². The number of rotatable bonds is 3. The van der Waals surface area contributed by atoms with Crippen molar-refractivity contribution in [1.29, 1.82) is 0 Å². The van der Waals surface area contributed by atoms with Crippen LogP contribution >= 0.6 is 0 Å². The summed E-state index contributed by atoms with van der Waals surface area (Å²) in [5.41, 5.74) is 0.746. The van der Waals surface area contributed by atoms with Crippen LogP contribution in [0.2, 0.25) is 0 Å². The lowest BCUT2D eigenvalue weighted by Crippen LogP contribution is -2.49. The number of carbonyl (C=O) groups excluding carboxylic acids is 1. The van der Waals surface area contributed by atoms with E-state index in [1.54, 1.807) is 29.7 Å². The van der Waals surface area contributed by atoms with Crippen LogP contribution in [0.15, 0.2) is 12.5 Å². The third-order valence-corrected chi connectivity index (χ3v) is 4.03. The summed E-state index contributed by atoms with van der Waals surface area (Å²) in [6, 6.07) is 0. The molecule has 0 bridgehead atoms. The first kappa shape index (κ1) is 16.2. The van der Waals surface area contributed by atoms with Crippen molar-refractivity contribution in [2.24, 2.45) is 7.05 Å². The maximum Gasteiger partial charge on any atom is 0.261 e. The molecule has 2 aromatic heterocycles. The number of aromatic nitrogens is 4. The molecular formula is C15H19FN6O2. The van der Waals surface area contributed by atoms with Crippen LogP contribution in [0.4, 0.5) is 10.2 Å². The fraction of sp³-hybridized carbons (Fsp3) is 0.467. The van der Waals surface area contributed by atoms with Crippen LogP contribution in [0.1, 0.15) is 16.1 Å². The van der Waals surface area contributed by atoms with E-state index in [4.69, 9.17) is 4.74 Å². The second-order valence-corrected chi connectivity index (χ2v) is 5.60. The van der Waals surface area contributed by atoms with Gasteiger partial charge in [0, 0.05) is 39.4 Å². The Bertz CT molecular complexity index is 754. The molecule has 9 heteroatoms. The minimum atomic E-state index is -0.411. The highest BCUT2D eigenvalue weighted by Gasteiger charge is 2.27. The van der Waals surface area contributed by atoms with E-state index >= 15 is 0 Å². The van der Waals surface area contributed by atoms with E-state index in [0.717, 1.165) is 0 Å². The van der Waals surface area contributed by atoms with Crippen LogP contribution in [0.5, 0.6) is 5.88 Å². The zero-order valence-corrected chi connectivity index (χ0v) is 13.9. The number of piperazine rings is 1. The zero-order chi connectivity index (χ0) is 17.3. The van der Waals surface area contributed by atoms with E-state index < -0.39 is 5.82 Å². The number of amides is 1. The van der Waals surface area contributed by atoms with Gasteiger partial charge < -0.3 is 14.5 Å². The number of methoxy groups -OCH3 is 1. The molecule has 0 atom stereocenters. The van der Waals surface area contributed by atoms with Gasteiger partial charge in [-0.25, -0.2) is 14.4 Å². The lowest BCUT2D eigenvalue weighted by Gasteiger charge is -2.35. The number of hydrogen-bond acceptors (Lipinski definition) is 6. The van der Waals surface area contributed by atoms with Crippen LogP contribution in [0, 0.1) is 12.7 Å². The largest absolute Gasteiger partial charge is 0.479 e. The van der Waals surface area contributed by atoms with Gasteiger partial charge in [-0.15, -0.1) is 5.10 Å². The highest BCUT2D eigenvalue weighted by atomic mass is 19.1. The van der Waals surface area contributed by atoms with Gasteiger partial charge in [0.1, 0.15) is 11.9 Å². The smallest absolute Gasteiger partial charge is 0.261 e. The predicted octanol–water partition coefficient (Wildman–Crippen LogP) is 0.629. The number of anilines is 1. The Balaban J connectivity index is 1.70. The number of halogens is 1. The summed E-state index contributed by atoms with van der Waals surface area (Å²) in [7, 11) is 3.22. The van der Waals surface area contributed by atoms with Crippen LogP contribution < -0.4 is 9.64 Å². The molecule has 0 unspecified atom stereocenters. The molecule has 1 aliphatic heterocycles. The number of aryl methyl sites for hydroxylation is 2. The minimum absolute atomic E-state index is 0.140. The normalized spacial score (nSPS) is 14.8. The fourth-order valence-electron chi connectivity index (χ4n) is 2.72. The molecular weight excluding hydrogens is 315 g/mol. The van der Waals surface area contributed by atoms with Gasteiger partial charge in [-0.2, -0.15) is 0 Å². The molecule has 0 aromatic carbocycles. The predicted molar refractivity (Wildman–Crippen MR) is 84.6 cm³/mol. The van der Waals surface area contributed by atoms with E-state index in [-0.39, 0.29) is 11.7 Å². The SMILES string of the molecule is COc1nn(C)cc1C(=O)N1CCN(c2ncnc(C)c2F)CC1. The summed E-state index contributed by atoms with van der Waals surface area (Å²) in [4.78, 5) is 24.0. The summed E-state index contributed by atoms with van der Waals surface area (Å²) in [6.07, 6.45) is 2.99. The Morgan fingerprint density at radius 3 is 2.62 bits per heavy atom. The van der Waals surface area contributed by atoms with Crippen molar-refractivity contribution >= 4 is 11.7 Å². The lowest BCUT2D eigenvalue weighted by atomic mass is 10.2. The molecule has 128 valence electrons. The monoisotopic (exact) mass is 334 g/mol. The first-order valence-corrected chi connectivity index (χ1v) is 7.60. The van der Waals surface area contributed by atoms with Gasteiger partial charge >= 0.3 is 0 Å². The summed E-state index contributed by atoms with van der Waals surface area (Å²) < 4.78 is 20.8. The van der Waals surface area contributed by atoms with Crippen molar-refractivity contribution in [2.75, 3.05) is 38.2 Å². The molecule has 1 fully saturated rings. The van der Waals surface area contributed by atoms with E-state index in [1.165, 1.54) is 13.4 Å². The summed E-state index contributed by atoms with van der Waals surface area (Å²) in [6.45, 7) is 3.55. The Morgan fingerprint density at radius 2 is 1.96 bits per heavy atom. The first-order chi connectivity index (χ1) is 11.5. The van der Waals surface area contributed by atoms with E-state index in [9.17, 15) is 9.18 Å². The highest BCUT2D eigenvalue weighted by molar-refractivity contribution is 5.96. The zero-order valence-electron chi connectivity index (χ0n) is 13.9. The number of hydrogen-bond donors (Lipinski definition) is 0. The summed E-state index contributed by atoms with van der Waals surface area (Å²) in [5, 5.41) is 4.10. The summed E-state index contributed by atoms with van der Waals surface area (Å²) in [5.74, 6) is 0.0427.